The van der Waals surface area contributed by atoms with Crippen LogP contribution in [-0.4, -0.2) is 28.3 Å². The molecule has 0 fully saturated rings. The van der Waals surface area contributed by atoms with Crippen molar-refractivity contribution in [3.8, 4) is 6.07 Å². The van der Waals surface area contributed by atoms with E-state index in [9.17, 15) is 0 Å². The number of thioether (sulfide) groups is 1. The zero-order valence-electron chi connectivity index (χ0n) is 8.68. The second kappa shape index (κ2) is 7.21. The summed E-state index contributed by atoms with van der Waals surface area (Å²) < 4.78 is 0. The third kappa shape index (κ3) is 4.77. The molecular formula is C10H14N4S. The first kappa shape index (κ1) is 12.0. The first-order valence-corrected chi connectivity index (χ1v) is 5.87. The molecule has 0 aliphatic rings. The van der Waals surface area contributed by atoms with Crippen molar-refractivity contribution in [2.75, 3.05) is 12.3 Å². The molecule has 1 heterocycles. The Morgan fingerprint density at radius 1 is 1.60 bits per heavy atom. The molecule has 0 radical (unpaired) electrons. The molecule has 1 aromatic heterocycles. The van der Waals surface area contributed by atoms with Gasteiger partial charge in [0.05, 0.1) is 18.3 Å². The Kier molecular flexibility index (Phi) is 5.74. The van der Waals surface area contributed by atoms with Gasteiger partial charge in [-0.2, -0.15) is 5.26 Å². The number of rotatable bonds is 6. The monoisotopic (exact) mass is 222 g/mol. The zero-order valence-corrected chi connectivity index (χ0v) is 9.50. The van der Waals surface area contributed by atoms with Gasteiger partial charge in [-0.1, -0.05) is 6.92 Å². The highest BCUT2D eigenvalue weighted by Crippen LogP contribution is 2.14. The van der Waals surface area contributed by atoms with Gasteiger partial charge in [-0.15, -0.1) is 11.8 Å². The predicted molar refractivity (Wildman–Crippen MR) is 60.5 cm³/mol. The van der Waals surface area contributed by atoms with Crippen molar-refractivity contribution < 1.29 is 0 Å². The Bertz CT molecular complexity index is 309. The van der Waals surface area contributed by atoms with Gasteiger partial charge in [0.15, 0.2) is 0 Å². The molecule has 0 aliphatic carbocycles. The summed E-state index contributed by atoms with van der Waals surface area (Å²) >= 11 is 1.63. The Labute approximate surface area is 94.1 Å². The lowest BCUT2D eigenvalue weighted by atomic mass is 10.2. The van der Waals surface area contributed by atoms with Gasteiger partial charge in [0, 0.05) is 18.1 Å². The molecule has 0 saturated heterocycles. The largest absolute Gasteiger partial charge is 0.302 e. The molecule has 0 saturated carbocycles. The number of hydrogen-bond acceptors (Lipinski definition) is 5. The van der Waals surface area contributed by atoms with Crippen molar-refractivity contribution in [3.63, 3.8) is 0 Å². The fourth-order valence-corrected chi connectivity index (χ4v) is 1.93. The standard InChI is InChI=1S/C10H14N4S/c1-2-13-9(7-11)3-6-15-10-8-12-4-5-14-10/h4-5,8-9,13H,2-3,6H2,1H3. The lowest BCUT2D eigenvalue weighted by Crippen LogP contribution is -2.27. The summed E-state index contributed by atoms with van der Waals surface area (Å²) in [6.45, 7) is 2.83. The van der Waals surface area contributed by atoms with Crippen LogP contribution in [0.5, 0.6) is 0 Å². The highest BCUT2D eigenvalue weighted by molar-refractivity contribution is 7.99. The molecule has 1 rings (SSSR count). The van der Waals surface area contributed by atoms with Gasteiger partial charge in [-0.25, -0.2) is 4.98 Å². The summed E-state index contributed by atoms with van der Waals surface area (Å²) in [6, 6.07) is 2.17. The maximum atomic E-state index is 8.80. The Balaban J connectivity index is 2.24. The smallest absolute Gasteiger partial charge is 0.114 e. The summed E-state index contributed by atoms with van der Waals surface area (Å²) in [7, 11) is 0. The minimum Gasteiger partial charge on any atom is -0.302 e. The molecule has 0 aromatic carbocycles. The quantitative estimate of drug-likeness (QED) is 0.738. The van der Waals surface area contributed by atoms with E-state index in [-0.39, 0.29) is 6.04 Å². The topological polar surface area (TPSA) is 61.6 Å². The molecule has 5 heteroatoms. The van der Waals surface area contributed by atoms with Gasteiger partial charge >= 0.3 is 0 Å². The molecular weight excluding hydrogens is 208 g/mol. The lowest BCUT2D eigenvalue weighted by molar-refractivity contribution is 0.613. The van der Waals surface area contributed by atoms with Gasteiger partial charge in [0.25, 0.3) is 0 Å². The maximum absolute atomic E-state index is 8.80. The highest BCUT2D eigenvalue weighted by Gasteiger charge is 2.05. The van der Waals surface area contributed by atoms with E-state index in [0.29, 0.717) is 0 Å². The molecule has 1 atom stereocenters. The fraction of sp³-hybridized carbons (Fsp3) is 0.500. The molecule has 0 amide bonds. The number of nitriles is 1. The second-order valence-corrected chi connectivity index (χ2v) is 4.04. The van der Waals surface area contributed by atoms with Crippen LogP contribution < -0.4 is 5.32 Å². The van der Waals surface area contributed by atoms with E-state index in [1.165, 1.54) is 0 Å². The molecule has 1 N–H and O–H groups in total. The van der Waals surface area contributed by atoms with Crippen molar-refractivity contribution in [3.05, 3.63) is 18.6 Å². The average Bonchev–Trinajstić information content (AvgIpc) is 2.29. The molecule has 1 unspecified atom stereocenters. The molecule has 0 bridgehead atoms. The van der Waals surface area contributed by atoms with Gasteiger partial charge in [0.1, 0.15) is 5.03 Å². The van der Waals surface area contributed by atoms with Crippen molar-refractivity contribution in [1.29, 1.82) is 5.26 Å². The number of aromatic nitrogens is 2. The van der Waals surface area contributed by atoms with Crippen LogP contribution in [0.4, 0.5) is 0 Å². The van der Waals surface area contributed by atoms with Crippen molar-refractivity contribution in [2.24, 2.45) is 0 Å². The fourth-order valence-electron chi connectivity index (χ4n) is 1.10. The van der Waals surface area contributed by atoms with E-state index in [2.05, 4.69) is 21.4 Å². The Hall–Kier alpha value is -1.12. The van der Waals surface area contributed by atoms with Crippen molar-refractivity contribution in [2.45, 2.75) is 24.4 Å². The minimum absolute atomic E-state index is 0.0563. The van der Waals surface area contributed by atoms with Crippen LogP contribution >= 0.6 is 11.8 Å². The highest BCUT2D eigenvalue weighted by atomic mass is 32.2. The van der Waals surface area contributed by atoms with Crippen molar-refractivity contribution in [1.82, 2.24) is 15.3 Å². The first-order chi connectivity index (χ1) is 7.36. The van der Waals surface area contributed by atoms with Crippen LogP contribution in [0.15, 0.2) is 23.6 Å². The summed E-state index contributed by atoms with van der Waals surface area (Å²) in [6.07, 6.45) is 5.89. The van der Waals surface area contributed by atoms with Crippen LogP contribution in [0.2, 0.25) is 0 Å². The molecule has 1 aromatic rings. The molecule has 15 heavy (non-hydrogen) atoms. The van der Waals surface area contributed by atoms with E-state index in [1.54, 1.807) is 30.4 Å². The third-order valence-corrected chi connectivity index (χ3v) is 2.75. The van der Waals surface area contributed by atoms with Gasteiger partial charge in [0.2, 0.25) is 0 Å². The molecule has 80 valence electrons. The van der Waals surface area contributed by atoms with E-state index in [4.69, 9.17) is 5.26 Å². The van der Waals surface area contributed by atoms with Gasteiger partial charge < -0.3 is 5.32 Å². The summed E-state index contributed by atoms with van der Waals surface area (Å²) in [5.41, 5.74) is 0. The average molecular weight is 222 g/mol. The van der Waals surface area contributed by atoms with Crippen LogP contribution in [0, 0.1) is 11.3 Å². The predicted octanol–water partition coefficient (Wildman–Crippen LogP) is 1.46. The first-order valence-electron chi connectivity index (χ1n) is 4.88. The van der Waals surface area contributed by atoms with Crippen molar-refractivity contribution >= 4 is 11.8 Å². The second-order valence-electron chi connectivity index (χ2n) is 2.92. The Morgan fingerprint density at radius 2 is 2.47 bits per heavy atom. The SMILES string of the molecule is CCNC(C#N)CCSc1cnccn1. The summed E-state index contributed by atoms with van der Waals surface area (Å²) in [5.74, 6) is 0.879. The minimum atomic E-state index is -0.0563. The molecule has 4 nitrogen and oxygen atoms in total. The molecule has 0 spiro atoms. The van der Waals surface area contributed by atoms with Gasteiger partial charge in [-0.05, 0) is 13.0 Å². The number of nitrogens with one attached hydrogen (secondary N) is 1. The van der Waals surface area contributed by atoms with E-state index in [1.807, 2.05) is 6.92 Å². The lowest BCUT2D eigenvalue weighted by Gasteiger charge is -2.08. The maximum Gasteiger partial charge on any atom is 0.114 e. The van der Waals surface area contributed by atoms with Crippen LogP contribution in [-0.2, 0) is 0 Å². The zero-order chi connectivity index (χ0) is 10.9. The van der Waals surface area contributed by atoms with Crippen LogP contribution in [0.1, 0.15) is 13.3 Å². The third-order valence-electron chi connectivity index (χ3n) is 1.80. The van der Waals surface area contributed by atoms with Crippen LogP contribution in [0.3, 0.4) is 0 Å². The summed E-state index contributed by atoms with van der Waals surface area (Å²) in [4.78, 5) is 8.12. The van der Waals surface area contributed by atoms with Gasteiger partial charge in [-0.3, -0.25) is 4.98 Å². The van der Waals surface area contributed by atoms with Crippen LogP contribution in [0.25, 0.3) is 0 Å². The van der Waals surface area contributed by atoms with E-state index < -0.39 is 0 Å². The summed E-state index contributed by atoms with van der Waals surface area (Å²) in [5, 5.41) is 12.8. The van der Waals surface area contributed by atoms with E-state index >= 15 is 0 Å². The van der Waals surface area contributed by atoms with E-state index in [0.717, 1.165) is 23.7 Å². The number of nitrogens with zero attached hydrogens (tertiary/aromatic N) is 3. The normalized spacial score (nSPS) is 12.0. The Morgan fingerprint density at radius 3 is 3.07 bits per heavy atom. The molecule has 0 aliphatic heterocycles. The number of hydrogen-bond donors (Lipinski definition) is 1.